The molecule has 0 saturated carbocycles. The summed E-state index contributed by atoms with van der Waals surface area (Å²) in [4.78, 5) is 11.8. The highest BCUT2D eigenvalue weighted by molar-refractivity contribution is 6.33. The number of rotatable bonds is 16. The summed E-state index contributed by atoms with van der Waals surface area (Å²) >= 11 is 6.03. The zero-order valence-electron chi connectivity index (χ0n) is 17.0. The van der Waals surface area contributed by atoms with Gasteiger partial charge in [0.1, 0.15) is 0 Å². The lowest BCUT2D eigenvalue weighted by atomic mass is 10.0. The standard InChI is InChI=1S/C23H37ClN2O/c1-2-3-4-5-6-7-8-9-10-11-12-13-14-19-23(27)26-25-20-21-17-15-16-18-22(21)24/h15-18,20H,2-14,19H2,1H3,(H,26,27). The van der Waals surface area contributed by atoms with Gasteiger partial charge in [-0.25, -0.2) is 5.43 Å². The van der Waals surface area contributed by atoms with Gasteiger partial charge in [-0.05, 0) is 12.5 Å². The van der Waals surface area contributed by atoms with Gasteiger partial charge in [0.15, 0.2) is 0 Å². The summed E-state index contributed by atoms with van der Waals surface area (Å²) < 4.78 is 0. The van der Waals surface area contributed by atoms with Crippen LogP contribution in [-0.4, -0.2) is 12.1 Å². The first-order valence-electron chi connectivity index (χ1n) is 10.8. The SMILES string of the molecule is CCCCCCCCCCCCCCCC(=O)NN=Cc1ccccc1Cl. The third-order valence-corrected chi connectivity index (χ3v) is 5.15. The number of hydrogen-bond donors (Lipinski definition) is 1. The predicted molar refractivity (Wildman–Crippen MR) is 118 cm³/mol. The van der Waals surface area contributed by atoms with E-state index in [2.05, 4.69) is 17.5 Å². The van der Waals surface area contributed by atoms with Gasteiger partial charge in [0, 0.05) is 17.0 Å². The summed E-state index contributed by atoms with van der Waals surface area (Å²) in [7, 11) is 0. The van der Waals surface area contributed by atoms with Gasteiger partial charge in [-0.3, -0.25) is 4.79 Å². The number of carbonyl (C=O) groups is 1. The van der Waals surface area contributed by atoms with Crippen molar-refractivity contribution in [2.75, 3.05) is 0 Å². The van der Waals surface area contributed by atoms with E-state index in [4.69, 9.17) is 11.6 Å². The molecular weight excluding hydrogens is 356 g/mol. The van der Waals surface area contributed by atoms with Crippen molar-refractivity contribution in [3.63, 3.8) is 0 Å². The normalized spacial score (nSPS) is 11.2. The predicted octanol–water partition coefficient (Wildman–Crippen LogP) is 7.27. The van der Waals surface area contributed by atoms with Crippen LogP contribution in [0.25, 0.3) is 0 Å². The summed E-state index contributed by atoms with van der Waals surface area (Å²) in [6.07, 6.45) is 19.2. The largest absolute Gasteiger partial charge is 0.273 e. The van der Waals surface area contributed by atoms with Crippen LogP contribution in [0.5, 0.6) is 0 Å². The fourth-order valence-corrected chi connectivity index (χ4v) is 3.30. The molecule has 1 N–H and O–H groups in total. The summed E-state index contributed by atoms with van der Waals surface area (Å²) in [5.41, 5.74) is 3.38. The van der Waals surface area contributed by atoms with E-state index in [0.29, 0.717) is 11.4 Å². The summed E-state index contributed by atoms with van der Waals surface area (Å²) in [6, 6.07) is 7.43. The number of hydrazone groups is 1. The van der Waals surface area contributed by atoms with Crippen molar-refractivity contribution in [2.24, 2.45) is 5.10 Å². The molecule has 1 aromatic carbocycles. The lowest BCUT2D eigenvalue weighted by Crippen LogP contribution is -2.16. The van der Waals surface area contributed by atoms with Crippen LogP contribution >= 0.6 is 11.6 Å². The van der Waals surface area contributed by atoms with Crippen molar-refractivity contribution in [3.8, 4) is 0 Å². The molecular formula is C23H37ClN2O. The minimum Gasteiger partial charge on any atom is -0.273 e. The first-order valence-corrected chi connectivity index (χ1v) is 11.2. The molecule has 4 heteroatoms. The summed E-state index contributed by atoms with van der Waals surface area (Å²) in [5.74, 6) is -0.0265. The van der Waals surface area contributed by atoms with E-state index in [1.807, 2.05) is 18.2 Å². The highest BCUT2D eigenvalue weighted by Gasteiger charge is 2.00. The number of benzene rings is 1. The zero-order chi connectivity index (χ0) is 19.6. The van der Waals surface area contributed by atoms with Crippen molar-refractivity contribution >= 4 is 23.7 Å². The highest BCUT2D eigenvalue weighted by atomic mass is 35.5. The van der Waals surface area contributed by atoms with E-state index in [1.54, 1.807) is 12.3 Å². The molecule has 0 atom stereocenters. The van der Waals surface area contributed by atoms with E-state index in [1.165, 1.54) is 70.6 Å². The minimum absolute atomic E-state index is 0.0265. The van der Waals surface area contributed by atoms with Crippen LogP contribution in [0.1, 0.15) is 102 Å². The molecule has 0 unspecified atom stereocenters. The van der Waals surface area contributed by atoms with Gasteiger partial charge in [-0.15, -0.1) is 0 Å². The van der Waals surface area contributed by atoms with Crippen molar-refractivity contribution in [1.29, 1.82) is 0 Å². The fourth-order valence-electron chi connectivity index (χ4n) is 3.11. The monoisotopic (exact) mass is 392 g/mol. The van der Waals surface area contributed by atoms with E-state index in [-0.39, 0.29) is 5.91 Å². The number of hydrogen-bond acceptors (Lipinski definition) is 2. The topological polar surface area (TPSA) is 41.5 Å². The first-order chi connectivity index (χ1) is 13.2. The Kier molecular flexibility index (Phi) is 14.7. The number of nitrogens with zero attached hydrogens (tertiary/aromatic N) is 1. The molecule has 0 radical (unpaired) electrons. The maximum absolute atomic E-state index is 11.8. The Bertz CT molecular complexity index is 531. The van der Waals surface area contributed by atoms with Gasteiger partial charge < -0.3 is 0 Å². The molecule has 0 bridgehead atoms. The van der Waals surface area contributed by atoms with Gasteiger partial charge in [-0.2, -0.15) is 5.10 Å². The molecule has 0 saturated heterocycles. The summed E-state index contributed by atoms with van der Waals surface area (Å²) in [5, 5.41) is 4.61. The average molecular weight is 393 g/mol. The second-order valence-electron chi connectivity index (χ2n) is 7.31. The Hall–Kier alpha value is -1.35. The van der Waals surface area contributed by atoms with Crippen LogP contribution < -0.4 is 5.43 Å². The Labute approximate surface area is 171 Å². The lowest BCUT2D eigenvalue weighted by molar-refractivity contribution is -0.121. The van der Waals surface area contributed by atoms with Crippen LogP contribution in [0, 0.1) is 0 Å². The molecule has 0 aromatic heterocycles. The lowest BCUT2D eigenvalue weighted by Gasteiger charge is -2.03. The fraction of sp³-hybridized carbons (Fsp3) is 0.652. The van der Waals surface area contributed by atoms with Crippen LogP contribution in [0.15, 0.2) is 29.4 Å². The van der Waals surface area contributed by atoms with Crippen molar-refractivity contribution in [3.05, 3.63) is 34.9 Å². The van der Waals surface area contributed by atoms with Crippen molar-refractivity contribution in [1.82, 2.24) is 5.43 Å². The number of carbonyl (C=O) groups excluding carboxylic acids is 1. The van der Waals surface area contributed by atoms with Gasteiger partial charge in [0.05, 0.1) is 6.21 Å². The van der Waals surface area contributed by atoms with E-state index < -0.39 is 0 Å². The van der Waals surface area contributed by atoms with E-state index in [0.717, 1.165) is 18.4 Å². The second kappa shape index (κ2) is 16.8. The van der Waals surface area contributed by atoms with Crippen LogP contribution in [0.4, 0.5) is 0 Å². The Morgan fingerprint density at radius 3 is 1.96 bits per heavy atom. The van der Waals surface area contributed by atoms with Gasteiger partial charge in [0.25, 0.3) is 0 Å². The minimum atomic E-state index is -0.0265. The van der Waals surface area contributed by atoms with Crippen molar-refractivity contribution in [2.45, 2.75) is 96.8 Å². The summed E-state index contributed by atoms with van der Waals surface area (Å²) in [6.45, 7) is 2.27. The van der Waals surface area contributed by atoms with Crippen molar-refractivity contribution < 1.29 is 4.79 Å². The second-order valence-corrected chi connectivity index (χ2v) is 7.71. The number of nitrogens with one attached hydrogen (secondary N) is 1. The molecule has 0 heterocycles. The van der Waals surface area contributed by atoms with E-state index in [9.17, 15) is 4.79 Å². The average Bonchev–Trinajstić information content (AvgIpc) is 2.67. The molecule has 0 spiro atoms. The number of unbranched alkanes of at least 4 members (excludes halogenated alkanes) is 12. The van der Waals surface area contributed by atoms with Crippen LogP contribution in [-0.2, 0) is 4.79 Å². The molecule has 1 rings (SSSR count). The maximum atomic E-state index is 11.8. The quantitative estimate of drug-likeness (QED) is 0.179. The van der Waals surface area contributed by atoms with Crippen LogP contribution in [0.3, 0.4) is 0 Å². The molecule has 152 valence electrons. The molecule has 0 aliphatic heterocycles. The molecule has 0 aliphatic rings. The van der Waals surface area contributed by atoms with Crippen LogP contribution in [0.2, 0.25) is 5.02 Å². The molecule has 0 fully saturated rings. The maximum Gasteiger partial charge on any atom is 0.240 e. The number of amides is 1. The van der Waals surface area contributed by atoms with Gasteiger partial charge in [0.2, 0.25) is 5.91 Å². The molecule has 1 aromatic rings. The molecule has 1 amide bonds. The molecule has 3 nitrogen and oxygen atoms in total. The Morgan fingerprint density at radius 2 is 1.41 bits per heavy atom. The number of halogens is 1. The van der Waals surface area contributed by atoms with Gasteiger partial charge >= 0.3 is 0 Å². The Morgan fingerprint density at radius 1 is 0.889 bits per heavy atom. The highest BCUT2D eigenvalue weighted by Crippen LogP contribution is 2.13. The molecule has 27 heavy (non-hydrogen) atoms. The third-order valence-electron chi connectivity index (χ3n) is 4.81. The third kappa shape index (κ3) is 13.5. The first kappa shape index (κ1) is 23.7. The Balaban J connectivity index is 1.89. The zero-order valence-corrected chi connectivity index (χ0v) is 17.8. The molecule has 0 aliphatic carbocycles. The van der Waals surface area contributed by atoms with E-state index >= 15 is 0 Å². The smallest absolute Gasteiger partial charge is 0.240 e. The van der Waals surface area contributed by atoms with Gasteiger partial charge in [-0.1, -0.05) is 114 Å².